The summed E-state index contributed by atoms with van der Waals surface area (Å²) in [5, 5.41) is 0. The smallest absolute Gasteiger partial charge is 0.194 e. The second kappa shape index (κ2) is 5.24. The largest absolute Gasteiger partial charge is 0.370 e. The number of methoxy groups -OCH3 is 1. The highest BCUT2D eigenvalue weighted by atomic mass is 19.2. The molecule has 0 aromatic heterocycles. The lowest BCUT2D eigenvalue weighted by Gasteiger charge is -2.41. The fourth-order valence-corrected chi connectivity index (χ4v) is 2.75. The molecular weight excluding hydrogens is 262 g/mol. The molecule has 0 radical (unpaired) electrons. The van der Waals surface area contributed by atoms with Gasteiger partial charge in [-0.2, -0.15) is 0 Å². The van der Waals surface area contributed by atoms with E-state index in [0.29, 0.717) is 12.8 Å². The van der Waals surface area contributed by atoms with Gasteiger partial charge in [-0.1, -0.05) is 13.8 Å². The molecule has 1 fully saturated rings. The molecule has 1 aromatic carbocycles. The van der Waals surface area contributed by atoms with E-state index in [4.69, 9.17) is 4.74 Å². The molecule has 1 aliphatic rings. The van der Waals surface area contributed by atoms with Crippen molar-refractivity contribution in [3.8, 4) is 0 Å². The molecule has 0 N–H and O–H groups in total. The first kappa shape index (κ1) is 15.1. The zero-order valence-electron chi connectivity index (χ0n) is 12.1. The average Bonchev–Trinajstić information content (AvgIpc) is 2.42. The van der Waals surface area contributed by atoms with Gasteiger partial charge in [0.15, 0.2) is 17.4 Å². The van der Waals surface area contributed by atoms with Crippen molar-refractivity contribution in [2.75, 3.05) is 7.11 Å². The van der Waals surface area contributed by atoms with Gasteiger partial charge in [0.05, 0.1) is 0 Å². The highest BCUT2D eigenvalue weighted by Gasteiger charge is 2.44. The maximum Gasteiger partial charge on any atom is 0.194 e. The molecule has 1 aromatic rings. The van der Waals surface area contributed by atoms with Crippen molar-refractivity contribution >= 4 is 5.78 Å². The number of ether oxygens (including phenoxy) is 1. The van der Waals surface area contributed by atoms with Crippen LogP contribution in [0.1, 0.15) is 49.9 Å². The minimum Gasteiger partial charge on any atom is -0.370 e. The molecule has 0 bridgehead atoms. The van der Waals surface area contributed by atoms with Crippen LogP contribution in [0.15, 0.2) is 18.2 Å². The van der Waals surface area contributed by atoms with E-state index in [2.05, 4.69) is 13.8 Å². The van der Waals surface area contributed by atoms with E-state index in [1.165, 1.54) is 13.2 Å². The Hall–Kier alpha value is -1.29. The van der Waals surface area contributed by atoms with Gasteiger partial charge >= 0.3 is 0 Å². The second-order valence-corrected chi connectivity index (χ2v) is 6.32. The fourth-order valence-electron chi connectivity index (χ4n) is 2.75. The summed E-state index contributed by atoms with van der Waals surface area (Å²) < 4.78 is 31.7. The summed E-state index contributed by atoms with van der Waals surface area (Å²) >= 11 is 0. The summed E-state index contributed by atoms with van der Waals surface area (Å²) in [7, 11) is 1.51. The van der Waals surface area contributed by atoms with Crippen molar-refractivity contribution in [2.24, 2.45) is 5.41 Å². The number of benzene rings is 1. The van der Waals surface area contributed by atoms with E-state index in [-0.39, 0.29) is 16.8 Å². The number of rotatable bonds is 3. The zero-order chi connectivity index (χ0) is 15.0. The summed E-state index contributed by atoms with van der Waals surface area (Å²) in [6, 6.07) is 3.26. The molecule has 0 spiro atoms. The van der Waals surface area contributed by atoms with E-state index in [1.54, 1.807) is 0 Å². The predicted octanol–water partition coefficient (Wildman–Crippen LogP) is 4.13. The van der Waals surface area contributed by atoms with Crippen LogP contribution in [0, 0.1) is 17.0 Å². The van der Waals surface area contributed by atoms with E-state index in [1.807, 2.05) is 0 Å². The minimum atomic E-state index is -1.00. The third-order valence-corrected chi connectivity index (χ3v) is 4.40. The summed E-state index contributed by atoms with van der Waals surface area (Å²) in [5.41, 5.74) is -0.540. The van der Waals surface area contributed by atoms with E-state index < -0.39 is 17.2 Å². The molecule has 110 valence electrons. The molecule has 4 heteroatoms. The molecule has 2 rings (SSSR count). The van der Waals surface area contributed by atoms with Gasteiger partial charge in [-0.15, -0.1) is 0 Å². The second-order valence-electron chi connectivity index (χ2n) is 6.32. The highest BCUT2D eigenvalue weighted by molar-refractivity contribution is 6.02. The number of halogens is 2. The third kappa shape index (κ3) is 2.75. The Kier molecular flexibility index (Phi) is 3.96. The normalized spacial score (nSPS) is 20.6. The fraction of sp³-hybridized carbons (Fsp3) is 0.562. The van der Waals surface area contributed by atoms with Gasteiger partial charge in [-0.05, 0) is 49.3 Å². The molecule has 1 aliphatic carbocycles. The molecule has 0 unspecified atom stereocenters. The van der Waals surface area contributed by atoms with Crippen LogP contribution in [0.4, 0.5) is 8.78 Å². The summed E-state index contributed by atoms with van der Waals surface area (Å²) in [5.74, 6) is -2.20. The van der Waals surface area contributed by atoms with Crippen LogP contribution in [0.25, 0.3) is 0 Å². The minimum absolute atomic E-state index is 0.172. The van der Waals surface area contributed by atoms with Crippen molar-refractivity contribution in [3.63, 3.8) is 0 Å². The number of hydrogen-bond donors (Lipinski definition) is 0. The molecule has 0 atom stereocenters. The molecule has 0 saturated heterocycles. The number of carbonyl (C=O) groups excluding carboxylic acids is 1. The Morgan fingerprint density at radius 1 is 1.10 bits per heavy atom. The SMILES string of the molecule is COC1(C(=O)c2ccc(F)c(F)c2)CCC(C)(C)CC1. The van der Waals surface area contributed by atoms with Crippen LogP contribution < -0.4 is 0 Å². The van der Waals surface area contributed by atoms with Crippen LogP contribution in [0.3, 0.4) is 0 Å². The molecule has 0 heterocycles. The number of ketones is 1. The van der Waals surface area contributed by atoms with Crippen LogP contribution >= 0.6 is 0 Å². The number of carbonyl (C=O) groups is 1. The number of Topliss-reactive ketones (excluding diaryl/α,β-unsaturated/α-hetero) is 1. The maximum atomic E-state index is 13.3. The van der Waals surface area contributed by atoms with Crippen molar-refractivity contribution in [1.29, 1.82) is 0 Å². The van der Waals surface area contributed by atoms with Gasteiger partial charge in [0.25, 0.3) is 0 Å². The van der Waals surface area contributed by atoms with Crippen LogP contribution in [-0.4, -0.2) is 18.5 Å². The lowest BCUT2D eigenvalue weighted by Crippen LogP contribution is -2.45. The van der Waals surface area contributed by atoms with Gasteiger partial charge in [-0.3, -0.25) is 4.79 Å². The Balaban J connectivity index is 2.27. The van der Waals surface area contributed by atoms with Gasteiger partial charge in [0.1, 0.15) is 5.60 Å². The first-order valence-corrected chi connectivity index (χ1v) is 6.85. The molecule has 20 heavy (non-hydrogen) atoms. The molecule has 1 saturated carbocycles. The van der Waals surface area contributed by atoms with Crippen molar-refractivity contribution in [1.82, 2.24) is 0 Å². The Morgan fingerprint density at radius 2 is 1.70 bits per heavy atom. The quantitative estimate of drug-likeness (QED) is 0.779. The van der Waals surface area contributed by atoms with Crippen LogP contribution in [0.5, 0.6) is 0 Å². The topological polar surface area (TPSA) is 26.3 Å². The van der Waals surface area contributed by atoms with Gasteiger partial charge in [0.2, 0.25) is 0 Å². The Morgan fingerprint density at radius 3 is 2.20 bits per heavy atom. The summed E-state index contributed by atoms with van der Waals surface area (Å²) in [6.45, 7) is 4.32. The lowest BCUT2D eigenvalue weighted by molar-refractivity contribution is -0.0383. The van der Waals surface area contributed by atoms with Crippen molar-refractivity contribution < 1.29 is 18.3 Å². The van der Waals surface area contributed by atoms with Crippen molar-refractivity contribution in [3.05, 3.63) is 35.4 Å². The summed E-state index contributed by atoms with van der Waals surface area (Å²) in [6.07, 6.45) is 2.95. The third-order valence-electron chi connectivity index (χ3n) is 4.40. The lowest BCUT2D eigenvalue weighted by atomic mass is 9.68. The van der Waals surface area contributed by atoms with E-state index in [9.17, 15) is 13.6 Å². The maximum absolute atomic E-state index is 13.3. The molecule has 2 nitrogen and oxygen atoms in total. The van der Waals surface area contributed by atoms with Crippen LogP contribution in [0.2, 0.25) is 0 Å². The standard InChI is InChI=1S/C16H20F2O2/c1-15(2)6-8-16(20-3,9-7-15)14(19)11-4-5-12(17)13(18)10-11/h4-5,10H,6-9H2,1-3H3. The zero-order valence-corrected chi connectivity index (χ0v) is 12.1. The average molecular weight is 282 g/mol. The first-order valence-electron chi connectivity index (χ1n) is 6.85. The predicted molar refractivity (Wildman–Crippen MR) is 72.7 cm³/mol. The van der Waals surface area contributed by atoms with Gasteiger partial charge in [0, 0.05) is 12.7 Å². The van der Waals surface area contributed by atoms with Gasteiger partial charge < -0.3 is 4.74 Å². The Bertz CT molecular complexity index is 513. The monoisotopic (exact) mass is 282 g/mol. The highest BCUT2D eigenvalue weighted by Crippen LogP contribution is 2.43. The van der Waals surface area contributed by atoms with Crippen molar-refractivity contribution in [2.45, 2.75) is 45.1 Å². The number of hydrogen-bond acceptors (Lipinski definition) is 2. The van der Waals surface area contributed by atoms with E-state index >= 15 is 0 Å². The van der Waals surface area contributed by atoms with Gasteiger partial charge in [-0.25, -0.2) is 8.78 Å². The van der Waals surface area contributed by atoms with Crippen LogP contribution in [-0.2, 0) is 4.74 Å². The molecular formula is C16H20F2O2. The summed E-state index contributed by atoms with van der Waals surface area (Å²) in [4.78, 5) is 12.6. The molecule has 0 amide bonds. The molecule has 0 aliphatic heterocycles. The Labute approximate surface area is 118 Å². The first-order chi connectivity index (χ1) is 9.30. The van der Waals surface area contributed by atoms with E-state index in [0.717, 1.165) is 25.0 Å².